The molecule has 0 unspecified atom stereocenters. The summed E-state index contributed by atoms with van der Waals surface area (Å²) < 4.78 is 0. The second-order valence-corrected chi connectivity index (χ2v) is 3.00. The summed E-state index contributed by atoms with van der Waals surface area (Å²) in [6, 6.07) is 0. The zero-order valence-electron chi connectivity index (χ0n) is 2.81. The average molecular weight is 92.2 g/mol. The minimum atomic E-state index is -2.61. The first-order valence-electron chi connectivity index (χ1n) is 1.15. The van der Waals surface area contributed by atoms with E-state index in [2.05, 4.69) is 0 Å². The van der Waals surface area contributed by atoms with Gasteiger partial charge in [0.2, 0.25) is 0 Å². The van der Waals surface area contributed by atoms with Crippen molar-refractivity contribution in [3.63, 3.8) is 0 Å². The molecular weight excluding hydrogens is 84.1 g/mol. The van der Waals surface area contributed by atoms with Gasteiger partial charge in [-0.1, -0.05) is 0 Å². The molecule has 0 heterocycles. The molecule has 0 aromatic heterocycles. The molecule has 0 fully saturated rings. The highest BCUT2D eigenvalue weighted by atomic mass is 28.4. The van der Waals surface area contributed by atoms with E-state index in [-0.39, 0.29) is 0 Å². The molecule has 0 spiro atoms. The SMILES string of the molecule is N[Si](N)(N)N. The maximum absolute atomic E-state index is 4.83. The van der Waals surface area contributed by atoms with Crippen LogP contribution in [0.15, 0.2) is 0 Å². The maximum Gasteiger partial charge on any atom is 0.355 e. The van der Waals surface area contributed by atoms with Crippen LogP contribution in [-0.4, -0.2) is 8.72 Å². The highest BCUT2D eigenvalue weighted by Crippen LogP contribution is 1.33. The molecule has 5 heavy (non-hydrogen) atoms. The molecule has 0 bridgehead atoms. The Bertz CT molecular complexity index is 19.1. The molecule has 0 aromatic carbocycles. The van der Waals surface area contributed by atoms with Crippen LogP contribution in [0.1, 0.15) is 0 Å². The first-order chi connectivity index (χ1) is 2.00. The number of rotatable bonds is 0. The summed E-state index contributed by atoms with van der Waals surface area (Å²) in [5, 5.41) is 19.3. The van der Waals surface area contributed by atoms with Crippen molar-refractivity contribution >= 4 is 8.72 Å². The van der Waals surface area contributed by atoms with Crippen molar-refractivity contribution in [2.45, 2.75) is 0 Å². The Morgan fingerprint density at radius 2 is 0.800 bits per heavy atom. The Hall–Kier alpha value is 0.0569. The summed E-state index contributed by atoms with van der Waals surface area (Å²) in [4.78, 5) is 0. The van der Waals surface area contributed by atoms with E-state index in [9.17, 15) is 0 Å². The highest BCUT2D eigenvalue weighted by Gasteiger charge is 2.05. The smallest absolute Gasteiger partial charge is 0.314 e. The van der Waals surface area contributed by atoms with Gasteiger partial charge >= 0.3 is 8.72 Å². The fraction of sp³-hybridized carbons (Fsp3) is 0. The van der Waals surface area contributed by atoms with E-state index in [4.69, 9.17) is 21.6 Å². The Kier molecular flexibility index (Phi) is 1.05. The van der Waals surface area contributed by atoms with Crippen molar-refractivity contribution in [2.24, 2.45) is 21.6 Å². The molecular formula is H8N4Si. The summed E-state index contributed by atoms with van der Waals surface area (Å²) in [6.07, 6.45) is 0. The van der Waals surface area contributed by atoms with Crippen LogP contribution >= 0.6 is 0 Å². The zero-order chi connectivity index (χ0) is 4.50. The highest BCUT2D eigenvalue weighted by molar-refractivity contribution is 6.66. The Morgan fingerprint density at radius 3 is 0.800 bits per heavy atom. The molecule has 8 N–H and O–H groups in total. The number of nitrogens with two attached hydrogens (primary N) is 4. The molecule has 0 rings (SSSR count). The molecule has 0 saturated carbocycles. The van der Waals surface area contributed by atoms with Crippen molar-refractivity contribution in [2.75, 3.05) is 0 Å². The minimum absolute atomic E-state index is 2.61. The van der Waals surface area contributed by atoms with Gasteiger partial charge in [-0.3, -0.25) is 0 Å². The Labute approximate surface area is 31.4 Å². The molecule has 0 atom stereocenters. The molecule has 0 amide bonds. The topological polar surface area (TPSA) is 104 Å². The van der Waals surface area contributed by atoms with E-state index in [1.54, 1.807) is 0 Å². The largest absolute Gasteiger partial charge is 0.355 e. The molecule has 0 aromatic rings. The third-order valence-electron chi connectivity index (χ3n) is 0. The van der Waals surface area contributed by atoms with Crippen LogP contribution in [-0.2, 0) is 0 Å². The van der Waals surface area contributed by atoms with Gasteiger partial charge in [-0.05, 0) is 0 Å². The summed E-state index contributed by atoms with van der Waals surface area (Å²) in [5.41, 5.74) is 0. The van der Waals surface area contributed by atoms with E-state index in [0.717, 1.165) is 0 Å². The van der Waals surface area contributed by atoms with Gasteiger partial charge in [0, 0.05) is 0 Å². The van der Waals surface area contributed by atoms with E-state index in [1.807, 2.05) is 0 Å². The van der Waals surface area contributed by atoms with Gasteiger partial charge in [-0.15, -0.1) is 0 Å². The molecule has 0 aliphatic rings. The van der Waals surface area contributed by atoms with Gasteiger partial charge in [0.05, 0.1) is 0 Å². The average Bonchev–Trinajstić information content (AvgIpc) is 0.722. The number of hydrogen-bond donors (Lipinski definition) is 4. The second-order valence-electron chi connectivity index (χ2n) is 1.00. The third-order valence-corrected chi connectivity index (χ3v) is 0. The van der Waals surface area contributed by atoms with Crippen LogP contribution in [0.3, 0.4) is 0 Å². The Morgan fingerprint density at radius 1 is 0.800 bits per heavy atom. The lowest BCUT2D eigenvalue weighted by Gasteiger charge is -2.01. The van der Waals surface area contributed by atoms with Crippen LogP contribution in [0.2, 0.25) is 0 Å². The standard InChI is InChI=1S/H8N4Si/c1-5(2,3)4/h1-4H2. The van der Waals surface area contributed by atoms with Crippen LogP contribution in [0.4, 0.5) is 0 Å². The lowest BCUT2D eigenvalue weighted by atomic mass is 13.7. The van der Waals surface area contributed by atoms with Crippen LogP contribution < -0.4 is 21.6 Å². The monoisotopic (exact) mass is 92.1 g/mol. The summed E-state index contributed by atoms with van der Waals surface area (Å²) >= 11 is 0. The fourth-order valence-corrected chi connectivity index (χ4v) is 0. The minimum Gasteiger partial charge on any atom is -0.314 e. The van der Waals surface area contributed by atoms with Crippen molar-refractivity contribution in [1.82, 2.24) is 0 Å². The van der Waals surface area contributed by atoms with E-state index < -0.39 is 8.72 Å². The van der Waals surface area contributed by atoms with Crippen molar-refractivity contribution in [3.8, 4) is 0 Å². The van der Waals surface area contributed by atoms with Crippen molar-refractivity contribution < 1.29 is 0 Å². The summed E-state index contributed by atoms with van der Waals surface area (Å²) in [5.74, 6) is 0. The normalized spacial score (nSPS) is 12.0. The van der Waals surface area contributed by atoms with Gasteiger partial charge < -0.3 is 21.6 Å². The van der Waals surface area contributed by atoms with Gasteiger partial charge in [0.1, 0.15) is 0 Å². The zero-order valence-corrected chi connectivity index (χ0v) is 3.81. The van der Waals surface area contributed by atoms with Crippen molar-refractivity contribution in [3.05, 3.63) is 0 Å². The summed E-state index contributed by atoms with van der Waals surface area (Å²) in [6.45, 7) is 0. The maximum atomic E-state index is 4.83. The van der Waals surface area contributed by atoms with Crippen LogP contribution in [0.5, 0.6) is 0 Å². The van der Waals surface area contributed by atoms with Gasteiger partial charge in [-0.25, -0.2) is 0 Å². The molecule has 4 nitrogen and oxygen atoms in total. The van der Waals surface area contributed by atoms with Gasteiger partial charge in [-0.2, -0.15) is 0 Å². The van der Waals surface area contributed by atoms with E-state index >= 15 is 0 Å². The fourth-order valence-electron chi connectivity index (χ4n) is 0. The predicted octanol–water partition coefficient (Wildman–Crippen LogP) is -2.74. The molecule has 5 heteroatoms. The van der Waals surface area contributed by atoms with Gasteiger partial charge in [0.25, 0.3) is 0 Å². The quantitative estimate of drug-likeness (QED) is 0.243. The van der Waals surface area contributed by atoms with Crippen LogP contribution in [0, 0.1) is 0 Å². The molecule has 0 aliphatic carbocycles. The van der Waals surface area contributed by atoms with Crippen molar-refractivity contribution in [1.29, 1.82) is 0 Å². The van der Waals surface area contributed by atoms with Gasteiger partial charge in [0.15, 0.2) is 0 Å². The number of hydrogen-bond acceptors (Lipinski definition) is 4. The predicted molar refractivity (Wildman–Crippen MR) is 22.5 cm³/mol. The van der Waals surface area contributed by atoms with Crippen LogP contribution in [0.25, 0.3) is 0 Å². The third kappa shape index (κ3) is 5300. The second kappa shape index (κ2) is 1.03. The molecule has 0 radical (unpaired) electrons. The first-order valence-corrected chi connectivity index (χ1v) is 3.46. The Balaban J connectivity index is 3.02. The van der Waals surface area contributed by atoms with E-state index in [1.165, 1.54) is 0 Å². The molecule has 0 saturated heterocycles. The summed E-state index contributed by atoms with van der Waals surface area (Å²) in [7, 11) is -2.61. The molecule has 0 aliphatic heterocycles. The van der Waals surface area contributed by atoms with E-state index in [0.29, 0.717) is 0 Å². The molecule has 32 valence electrons. The lowest BCUT2D eigenvalue weighted by Crippen LogP contribution is -2.72. The lowest BCUT2D eigenvalue weighted by molar-refractivity contribution is 1.36. The first kappa shape index (κ1) is 5.06.